The molecule has 1 aliphatic rings. The molecule has 26 heavy (non-hydrogen) atoms. The maximum atomic E-state index is 10.0. The first kappa shape index (κ1) is 16.5. The van der Waals surface area contributed by atoms with Gasteiger partial charge in [0.25, 0.3) is 0 Å². The Morgan fingerprint density at radius 1 is 1.04 bits per heavy atom. The van der Waals surface area contributed by atoms with Gasteiger partial charge in [0, 0.05) is 5.39 Å². The highest BCUT2D eigenvalue weighted by Gasteiger charge is 2.24. The summed E-state index contributed by atoms with van der Waals surface area (Å²) < 4.78 is 16.4. The Balaban J connectivity index is 2.13. The van der Waals surface area contributed by atoms with Gasteiger partial charge in [0.05, 0.1) is 20.3 Å². The third-order valence-electron chi connectivity index (χ3n) is 4.64. The fourth-order valence-corrected chi connectivity index (χ4v) is 3.43. The van der Waals surface area contributed by atoms with Crippen molar-refractivity contribution in [1.82, 2.24) is 0 Å². The molecule has 4 rings (SSSR count). The Morgan fingerprint density at radius 2 is 1.88 bits per heavy atom. The van der Waals surface area contributed by atoms with Crippen molar-refractivity contribution in [2.75, 3.05) is 13.9 Å². The summed E-state index contributed by atoms with van der Waals surface area (Å²) in [7, 11) is 1.47. The lowest BCUT2D eigenvalue weighted by atomic mass is 9.89. The molecule has 0 amide bonds. The van der Waals surface area contributed by atoms with Crippen LogP contribution in [0.25, 0.3) is 21.9 Å². The summed E-state index contributed by atoms with van der Waals surface area (Å²) in [6, 6.07) is 10.5. The van der Waals surface area contributed by atoms with Crippen LogP contribution in [0.5, 0.6) is 23.0 Å². The average molecular weight is 354 g/mol. The zero-order chi connectivity index (χ0) is 18.3. The highest BCUT2D eigenvalue weighted by atomic mass is 16.7. The minimum absolute atomic E-state index is 0.0224. The van der Waals surface area contributed by atoms with Crippen LogP contribution in [0.3, 0.4) is 0 Å². The molecular formula is C20H18O6. The summed E-state index contributed by atoms with van der Waals surface area (Å²) >= 11 is 0. The number of aliphatic hydroxyl groups is 2. The number of benzene rings is 3. The van der Waals surface area contributed by atoms with Crippen LogP contribution in [0.15, 0.2) is 36.4 Å². The molecule has 1 aliphatic heterocycles. The molecule has 3 aromatic carbocycles. The van der Waals surface area contributed by atoms with Crippen molar-refractivity contribution < 1.29 is 29.5 Å². The number of rotatable bonds is 4. The highest BCUT2D eigenvalue weighted by molar-refractivity contribution is 6.05. The predicted molar refractivity (Wildman–Crippen MR) is 95.6 cm³/mol. The van der Waals surface area contributed by atoms with E-state index < -0.39 is 0 Å². The standard InChI is InChI=1S/C20H18O6/c1-24-17-7-12(2-4-15(17)23)18-14(9-22)13(8-21)6-11-3-5-16-20(19(11)18)26-10-25-16/h2-7,21-23H,8-10H2,1H3. The normalized spacial score (nSPS) is 12.6. The van der Waals surface area contributed by atoms with E-state index in [2.05, 4.69) is 0 Å². The lowest BCUT2D eigenvalue weighted by molar-refractivity contribution is 0.175. The molecule has 0 bridgehead atoms. The summed E-state index contributed by atoms with van der Waals surface area (Å²) in [4.78, 5) is 0. The summed E-state index contributed by atoms with van der Waals surface area (Å²) in [6.07, 6.45) is 0. The Hall–Kier alpha value is -2.96. The van der Waals surface area contributed by atoms with Crippen molar-refractivity contribution in [2.45, 2.75) is 13.2 Å². The lowest BCUT2D eigenvalue weighted by Gasteiger charge is -2.18. The number of fused-ring (bicyclic) bond motifs is 3. The lowest BCUT2D eigenvalue weighted by Crippen LogP contribution is -2.00. The Bertz CT molecular complexity index is 995. The van der Waals surface area contributed by atoms with Crippen LogP contribution in [0, 0.1) is 0 Å². The molecule has 6 nitrogen and oxygen atoms in total. The van der Waals surface area contributed by atoms with E-state index in [0.29, 0.717) is 28.4 Å². The van der Waals surface area contributed by atoms with Crippen molar-refractivity contribution >= 4 is 10.8 Å². The van der Waals surface area contributed by atoms with Crippen LogP contribution in [-0.2, 0) is 13.2 Å². The van der Waals surface area contributed by atoms with E-state index in [1.807, 2.05) is 18.2 Å². The van der Waals surface area contributed by atoms with E-state index in [4.69, 9.17) is 14.2 Å². The van der Waals surface area contributed by atoms with E-state index in [1.165, 1.54) is 13.2 Å². The van der Waals surface area contributed by atoms with Gasteiger partial charge in [0.1, 0.15) is 0 Å². The first-order chi connectivity index (χ1) is 12.7. The molecule has 0 unspecified atom stereocenters. The number of hydrogen-bond donors (Lipinski definition) is 3. The quantitative estimate of drug-likeness (QED) is 0.668. The predicted octanol–water partition coefficient (Wildman–Crippen LogP) is 2.93. The van der Waals surface area contributed by atoms with Crippen LogP contribution in [0.2, 0.25) is 0 Å². The number of phenolic OH excluding ortho intramolecular Hbond substituents is 1. The van der Waals surface area contributed by atoms with Crippen LogP contribution in [0.4, 0.5) is 0 Å². The first-order valence-corrected chi connectivity index (χ1v) is 8.14. The zero-order valence-electron chi connectivity index (χ0n) is 14.2. The topological polar surface area (TPSA) is 88.4 Å². The molecule has 3 N–H and O–H groups in total. The van der Waals surface area contributed by atoms with E-state index >= 15 is 0 Å². The third-order valence-corrected chi connectivity index (χ3v) is 4.64. The van der Waals surface area contributed by atoms with E-state index in [9.17, 15) is 15.3 Å². The van der Waals surface area contributed by atoms with Gasteiger partial charge in [-0.3, -0.25) is 0 Å². The van der Waals surface area contributed by atoms with E-state index in [-0.39, 0.29) is 25.8 Å². The SMILES string of the molecule is COc1cc(-c2c(CO)c(CO)cc3ccc4c(c23)OCO4)ccc1O. The monoisotopic (exact) mass is 354 g/mol. The smallest absolute Gasteiger partial charge is 0.231 e. The largest absolute Gasteiger partial charge is 0.504 e. The van der Waals surface area contributed by atoms with E-state index in [1.54, 1.807) is 12.1 Å². The summed E-state index contributed by atoms with van der Waals surface area (Å²) in [5, 5.41) is 31.4. The fourth-order valence-electron chi connectivity index (χ4n) is 3.43. The molecule has 0 aliphatic carbocycles. The van der Waals surface area contributed by atoms with Crippen LogP contribution in [0.1, 0.15) is 11.1 Å². The third kappa shape index (κ3) is 2.42. The molecule has 0 fully saturated rings. The number of phenols is 1. The average Bonchev–Trinajstić information content (AvgIpc) is 3.15. The minimum Gasteiger partial charge on any atom is -0.504 e. The number of aliphatic hydroxyl groups excluding tert-OH is 2. The summed E-state index contributed by atoms with van der Waals surface area (Å²) in [6.45, 7) is -0.333. The summed E-state index contributed by atoms with van der Waals surface area (Å²) in [5.74, 6) is 1.57. The molecule has 3 aromatic rings. The fraction of sp³-hybridized carbons (Fsp3) is 0.200. The van der Waals surface area contributed by atoms with Gasteiger partial charge in [-0.2, -0.15) is 0 Å². The molecule has 0 atom stereocenters. The second-order valence-corrected chi connectivity index (χ2v) is 5.99. The van der Waals surface area contributed by atoms with E-state index in [0.717, 1.165) is 21.9 Å². The molecule has 0 spiro atoms. The maximum Gasteiger partial charge on any atom is 0.231 e. The molecule has 0 saturated carbocycles. The van der Waals surface area contributed by atoms with Gasteiger partial charge in [0.15, 0.2) is 23.0 Å². The molecule has 0 radical (unpaired) electrons. The van der Waals surface area contributed by atoms with Crippen molar-refractivity contribution in [3.63, 3.8) is 0 Å². The first-order valence-electron chi connectivity index (χ1n) is 8.14. The molecule has 0 aromatic heterocycles. The van der Waals surface area contributed by atoms with Gasteiger partial charge < -0.3 is 29.5 Å². The van der Waals surface area contributed by atoms with Crippen LogP contribution < -0.4 is 14.2 Å². The zero-order valence-corrected chi connectivity index (χ0v) is 14.2. The highest BCUT2D eigenvalue weighted by Crippen LogP contribution is 2.47. The van der Waals surface area contributed by atoms with Crippen LogP contribution >= 0.6 is 0 Å². The minimum atomic E-state index is -0.255. The summed E-state index contributed by atoms with van der Waals surface area (Å²) in [5.41, 5.74) is 2.67. The Morgan fingerprint density at radius 3 is 2.62 bits per heavy atom. The second-order valence-electron chi connectivity index (χ2n) is 5.99. The molecule has 134 valence electrons. The van der Waals surface area contributed by atoms with Crippen LogP contribution in [-0.4, -0.2) is 29.2 Å². The number of methoxy groups -OCH3 is 1. The van der Waals surface area contributed by atoms with Gasteiger partial charge in [-0.05, 0) is 51.9 Å². The van der Waals surface area contributed by atoms with Gasteiger partial charge in [-0.15, -0.1) is 0 Å². The molecule has 1 heterocycles. The molecule has 0 saturated heterocycles. The second kappa shape index (κ2) is 6.40. The van der Waals surface area contributed by atoms with Crippen molar-refractivity contribution in [1.29, 1.82) is 0 Å². The molecular weight excluding hydrogens is 336 g/mol. The van der Waals surface area contributed by atoms with Crippen molar-refractivity contribution in [2.24, 2.45) is 0 Å². The number of hydrogen-bond acceptors (Lipinski definition) is 6. The molecule has 6 heteroatoms. The van der Waals surface area contributed by atoms with Crippen molar-refractivity contribution in [3.05, 3.63) is 47.5 Å². The van der Waals surface area contributed by atoms with Gasteiger partial charge in [-0.25, -0.2) is 0 Å². The van der Waals surface area contributed by atoms with Crippen molar-refractivity contribution in [3.8, 4) is 34.1 Å². The maximum absolute atomic E-state index is 10.0. The Kier molecular flexibility index (Phi) is 4.06. The van der Waals surface area contributed by atoms with Gasteiger partial charge in [-0.1, -0.05) is 12.1 Å². The van der Waals surface area contributed by atoms with Gasteiger partial charge in [0.2, 0.25) is 6.79 Å². The Labute approximate surface area is 149 Å². The number of ether oxygens (including phenoxy) is 3. The number of aromatic hydroxyl groups is 1. The van der Waals surface area contributed by atoms with Gasteiger partial charge >= 0.3 is 0 Å².